The molecule has 240 valence electrons. The summed E-state index contributed by atoms with van der Waals surface area (Å²) in [7, 11) is 1.75. The lowest BCUT2D eigenvalue weighted by Crippen LogP contribution is -2.43. The predicted octanol–water partition coefficient (Wildman–Crippen LogP) is 5.29. The minimum absolute atomic E-state index is 0.0527. The zero-order valence-electron chi connectivity index (χ0n) is 26.3. The van der Waals surface area contributed by atoms with Crippen molar-refractivity contribution in [1.82, 2.24) is 35.4 Å². The number of nitrogens with one attached hydrogen (secondary N) is 2. The van der Waals surface area contributed by atoms with Crippen LogP contribution in [0.15, 0.2) is 72.4 Å². The molecule has 1 aliphatic rings. The second-order valence-electron chi connectivity index (χ2n) is 12.6. The molecule has 0 saturated heterocycles. The molecule has 12 nitrogen and oxygen atoms in total. The van der Waals surface area contributed by atoms with Crippen molar-refractivity contribution in [2.45, 2.75) is 57.7 Å². The summed E-state index contributed by atoms with van der Waals surface area (Å²) in [4.78, 5) is 45.0. The molecule has 1 saturated carbocycles. The number of amides is 1. The van der Waals surface area contributed by atoms with Gasteiger partial charge in [-0.25, -0.2) is 14.8 Å². The fourth-order valence-corrected chi connectivity index (χ4v) is 5.47. The lowest BCUT2D eigenvalue weighted by Gasteiger charge is -2.35. The lowest BCUT2D eigenvalue weighted by molar-refractivity contribution is -0.113. The van der Waals surface area contributed by atoms with Gasteiger partial charge in [-0.1, -0.05) is 62.7 Å². The molecule has 0 bridgehead atoms. The molecule has 1 fully saturated rings. The van der Waals surface area contributed by atoms with E-state index >= 15 is 0 Å². The van der Waals surface area contributed by atoms with Crippen molar-refractivity contribution in [3.8, 4) is 22.6 Å². The van der Waals surface area contributed by atoms with E-state index in [1.807, 2.05) is 57.2 Å². The summed E-state index contributed by atoms with van der Waals surface area (Å²) in [5.41, 5.74) is 8.74. The average Bonchev–Trinajstić information content (AvgIpc) is 3.68. The molecule has 13 heteroatoms. The number of rotatable bonds is 11. The normalized spacial score (nSPS) is 15.5. The smallest absolute Gasteiger partial charge is 0.407 e. The molecular weight excluding hydrogens is 606 g/mol. The van der Waals surface area contributed by atoms with Crippen molar-refractivity contribution in [1.29, 1.82) is 0 Å². The molecule has 0 spiro atoms. The monoisotopic (exact) mass is 643 g/mol. The minimum atomic E-state index is -1.31. The Balaban J connectivity index is 1.51. The number of nitrogens with zero attached hydrogens (tertiary/aromatic N) is 6. The molecule has 4 aromatic rings. The number of hydrogen-bond donors (Lipinski definition) is 3. The number of nitrogens with two attached hydrogens (primary N) is 1. The van der Waals surface area contributed by atoms with Gasteiger partial charge in [-0.05, 0) is 47.9 Å². The summed E-state index contributed by atoms with van der Waals surface area (Å²) < 4.78 is 5.67. The first-order chi connectivity index (χ1) is 22.0. The maximum Gasteiger partial charge on any atom is 0.407 e. The Kier molecular flexibility index (Phi) is 9.66. The number of alkyl carbamates (subject to hydrolysis) is 1. The van der Waals surface area contributed by atoms with Gasteiger partial charge >= 0.3 is 6.09 Å². The zero-order chi connectivity index (χ0) is 32.9. The molecule has 2 aromatic carbocycles. The van der Waals surface area contributed by atoms with Gasteiger partial charge in [-0.2, -0.15) is 5.10 Å². The lowest BCUT2D eigenvalue weighted by atomic mass is 9.76. The number of aromatic amines is 1. The first kappa shape index (κ1) is 32.6. The van der Waals surface area contributed by atoms with Crippen molar-refractivity contribution in [2.75, 3.05) is 13.7 Å². The van der Waals surface area contributed by atoms with E-state index in [9.17, 15) is 9.59 Å². The first-order valence-electron chi connectivity index (χ1n) is 15.0. The van der Waals surface area contributed by atoms with E-state index in [1.165, 1.54) is 6.33 Å². The number of benzene rings is 2. The van der Waals surface area contributed by atoms with Crippen LogP contribution >= 0.6 is 11.6 Å². The van der Waals surface area contributed by atoms with Gasteiger partial charge in [0.15, 0.2) is 18.1 Å². The molecule has 4 N–H and O–H groups in total. The highest BCUT2D eigenvalue weighted by Gasteiger charge is 2.38. The third kappa shape index (κ3) is 7.86. The molecule has 2 heterocycles. The average molecular weight is 644 g/mol. The summed E-state index contributed by atoms with van der Waals surface area (Å²) >= 11 is 6.52. The van der Waals surface area contributed by atoms with Crippen LogP contribution in [0.25, 0.3) is 22.6 Å². The Morgan fingerprint density at radius 3 is 2.57 bits per heavy atom. The number of aldehydes is 1. The Morgan fingerprint density at radius 2 is 1.96 bits per heavy atom. The van der Waals surface area contributed by atoms with Crippen LogP contribution in [0, 0.1) is 5.41 Å². The van der Waals surface area contributed by atoms with E-state index in [2.05, 4.69) is 30.5 Å². The van der Waals surface area contributed by atoms with E-state index in [-0.39, 0.29) is 24.0 Å². The molecule has 0 aliphatic heterocycles. The van der Waals surface area contributed by atoms with Crippen LogP contribution in [0.5, 0.6) is 0 Å². The first-order valence-corrected chi connectivity index (χ1v) is 15.4. The van der Waals surface area contributed by atoms with Gasteiger partial charge < -0.3 is 25.5 Å². The van der Waals surface area contributed by atoms with Gasteiger partial charge in [0.25, 0.3) is 0 Å². The highest BCUT2D eigenvalue weighted by Crippen LogP contribution is 2.38. The third-order valence-corrected chi connectivity index (χ3v) is 8.03. The zero-order valence-corrected chi connectivity index (χ0v) is 27.0. The Labute approximate surface area is 272 Å². The van der Waals surface area contributed by atoms with Crippen LogP contribution in [0.1, 0.15) is 57.2 Å². The fourth-order valence-electron chi connectivity index (χ4n) is 5.26. The summed E-state index contributed by atoms with van der Waals surface area (Å²) in [6, 6.07) is 12.5. The SMILES string of the molecule is CN(C(N)=NC(C=O)(CC(C)(C)C)c1ccc(-c2cnccn2)cc1)[C@H](COC(=O)NC1CC1)c1ccc(Cl)c(-c2ncn[nH]2)c1. The molecule has 1 aliphatic carbocycles. The van der Waals surface area contributed by atoms with E-state index in [1.54, 1.807) is 36.6 Å². The molecule has 2 atom stereocenters. The largest absolute Gasteiger partial charge is 0.447 e. The number of guanidine groups is 1. The van der Waals surface area contributed by atoms with E-state index in [0.29, 0.717) is 34.1 Å². The minimum Gasteiger partial charge on any atom is -0.447 e. The van der Waals surface area contributed by atoms with E-state index in [0.717, 1.165) is 30.3 Å². The van der Waals surface area contributed by atoms with Gasteiger partial charge in [0.2, 0.25) is 0 Å². The van der Waals surface area contributed by atoms with E-state index in [4.69, 9.17) is 27.1 Å². The fraction of sp³-hybridized carbons (Fsp3) is 0.364. The van der Waals surface area contributed by atoms with E-state index < -0.39 is 17.7 Å². The number of ether oxygens (including phenoxy) is 1. The van der Waals surface area contributed by atoms with Gasteiger partial charge in [0.05, 0.1) is 23.0 Å². The van der Waals surface area contributed by atoms with Crippen LogP contribution in [0.4, 0.5) is 4.79 Å². The van der Waals surface area contributed by atoms with Crippen molar-refractivity contribution < 1.29 is 14.3 Å². The summed E-state index contributed by atoms with van der Waals surface area (Å²) in [5, 5.41) is 10.1. The number of halogens is 1. The number of H-pyrrole nitrogens is 1. The molecule has 1 unspecified atom stereocenters. The van der Waals surface area contributed by atoms with Gasteiger partial charge in [-0.3, -0.25) is 15.1 Å². The number of carbonyl (C=O) groups is 2. The summed E-state index contributed by atoms with van der Waals surface area (Å²) in [6.07, 6.45) is 8.88. The van der Waals surface area contributed by atoms with Crippen molar-refractivity contribution in [3.63, 3.8) is 0 Å². The summed E-state index contributed by atoms with van der Waals surface area (Å²) in [5.74, 6) is 0.569. The van der Waals surface area contributed by atoms with Gasteiger partial charge in [0, 0.05) is 36.6 Å². The molecule has 1 amide bonds. The second-order valence-corrected chi connectivity index (χ2v) is 13.0. The second kappa shape index (κ2) is 13.7. The highest BCUT2D eigenvalue weighted by molar-refractivity contribution is 6.33. The predicted molar refractivity (Wildman–Crippen MR) is 176 cm³/mol. The number of aliphatic imine (C=N–C) groups is 1. The van der Waals surface area contributed by atoms with Crippen LogP contribution in [0.3, 0.4) is 0 Å². The van der Waals surface area contributed by atoms with Crippen LogP contribution in [-0.4, -0.2) is 68.1 Å². The molecular formula is C33H38ClN9O3. The number of aromatic nitrogens is 5. The Morgan fingerprint density at radius 1 is 1.20 bits per heavy atom. The van der Waals surface area contributed by atoms with Crippen LogP contribution in [0.2, 0.25) is 5.02 Å². The molecule has 0 radical (unpaired) electrons. The maximum atomic E-state index is 13.1. The third-order valence-electron chi connectivity index (χ3n) is 7.70. The van der Waals surface area contributed by atoms with Crippen LogP contribution < -0.4 is 11.1 Å². The van der Waals surface area contributed by atoms with Crippen LogP contribution in [-0.2, 0) is 15.1 Å². The maximum absolute atomic E-state index is 13.1. The highest BCUT2D eigenvalue weighted by atomic mass is 35.5. The summed E-state index contributed by atoms with van der Waals surface area (Å²) in [6.45, 7) is 6.08. The standard InChI is InChI=1S/C33H38ClN9O3/c1-32(2,3)18-33(19-44,23-8-5-21(6-9-23)27-16-36-13-14-37-27)41-30(35)43(4)28(17-46-31(45)40-24-10-11-24)22-7-12-26(34)25(15-22)29-38-20-39-42-29/h5-9,12-16,19-20,24,28H,10-11,17-18H2,1-4H3,(H2,35,41)(H,40,45)(H,38,39,42)/t28-,33?/m1/s1. The molecule has 2 aromatic heterocycles. The topological polar surface area (TPSA) is 164 Å². The van der Waals surface area contributed by atoms with Gasteiger partial charge in [0.1, 0.15) is 18.5 Å². The molecule has 46 heavy (non-hydrogen) atoms. The number of carbonyl (C=O) groups excluding carboxylic acids is 2. The van der Waals surface area contributed by atoms with Crippen molar-refractivity contribution in [2.24, 2.45) is 16.1 Å². The Hall–Kier alpha value is -4.84. The van der Waals surface area contributed by atoms with Crippen molar-refractivity contribution >= 4 is 29.9 Å². The quantitative estimate of drug-likeness (QED) is 0.112. The number of hydrogen-bond acceptors (Lipinski definition) is 8. The molecule has 5 rings (SSSR count). The number of likely N-dealkylation sites (N-methyl/N-ethyl adjacent to an activating group) is 1. The van der Waals surface area contributed by atoms with Gasteiger partial charge in [-0.15, -0.1) is 0 Å². The Bertz CT molecular complexity index is 1670. The van der Waals surface area contributed by atoms with Crippen molar-refractivity contribution in [3.05, 3.63) is 83.5 Å².